The minimum absolute atomic E-state index is 0.0462. The minimum atomic E-state index is -0.490. The summed E-state index contributed by atoms with van der Waals surface area (Å²) in [5, 5.41) is 22.2. The standard InChI is InChI=1S/C10H11N3O3/c1-16-5-4-12-9-6-8(7-11)2-3-10(9)13(14)15/h2-3,6,12H,4-5H2,1H3. The largest absolute Gasteiger partial charge is 0.383 e. The van der Waals surface area contributed by atoms with Crippen LogP contribution in [-0.4, -0.2) is 25.2 Å². The molecule has 0 aliphatic rings. The van der Waals surface area contributed by atoms with E-state index in [1.54, 1.807) is 7.11 Å². The van der Waals surface area contributed by atoms with Gasteiger partial charge in [-0.05, 0) is 12.1 Å². The van der Waals surface area contributed by atoms with Crippen molar-refractivity contribution in [2.24, 2.45) is 0 Å². The predicted molar refractivity (Wildman–Crippen MR) is 58.2 cm³/mol. The molecule has 0 heterocycles. The summed E-state index contributed by atoms with van der Waals surface area (Å²) >= 11 is 0. The van der Waals surface area contributed by atoms with Gasteiger partial charge in [0.25, 0.3) is 5.69 Å². The van der Waals surface area contributed by atoms with E-state index in [2.05, 4.69) is 5.32 Å². The summed E-state index contributed by atoms with van der Waals surface area (Å²) in [4.78, 5) is 10.2. The molecule has 1 rings (SSSR count). The fourth-order valence-electron chi connectivity index (χ4n) is 1.19. The molecule has 1 N–H and O–H groups in total. The first kappa shape index (κ1) is 11.9. The Morgan fingerprint density at radius 3 is 2.94 bits per heavy atom. The smallest absolute Gasteiger partial charge is 0.292 e. The molecule has 0 atom stereocenters. The molecule has 0 spiro atoms. The average Bonchev–Trinajstić information content (AvgIpc) is 2.29. The van der Waals surface area contributed by atoms with Crippen molar-refractivity contribution in [1.29, 1.82) is 5.26 Å². The zero-order valence-corrected chi connectivity index (χ0v) is 8.77. The van der Waals surface area contributed by atoms with Crippen LogP contribution in [0.2, 0.25) is 0 Å². The molecule has 0 saturated heterocycles. The summed E-state index contributed by atoms with van der Waals surface area (Å²) < 4.78 is 4.82. The zero-order chi connectivity index (χ0) is 12.0. The number of hydrogen-bond donors (Lipinski definition) is 1. The first-order valence-corrected chi connectivity index (χ1v) is 4.60. The molecule has 0 aromatic heterocycles. The summed E-state index contributed by atoms with van der Waals surface area (Å²) in [6.45, 7) is 0.889. The normalized spacial score (nSPS) is 9.50. The predicted octanol–water partition coefficient (Wildman–Crippen LogP) is 1.52. The third-order valence-electron chi connectivity index (χ3n) is 1.94. The number of ether oxygens (including phenoxy) is 1. The van der Waals surface area contributed by atoms with Gasteiger partial charge in [-0.3, -0.25) is 10.1 Å². The van der Waals surface area contributed by atoms with Gasteiger partial charge in [0.15, 0.2) is 0 Å². The van der Waals surface area contributed by atoms with Crippen LogP contribution in [0.4, 0.5) is 11.4 Å². The molecule has 0 aliphatic heterocycles. The van der Waals surface area contributed by atoms with Crippen LogP contribution in [0.1, 0.15) is 5.56 Å². The summed E-state index contributed by atoms with van der Waals surface area (Å²) in [5.74, 6) is 0. The van der Waals surface area contributed by atoms with Crippen LogP contribution in [0, 0.1) is 21.4 Å². The lowest BCUT2D eigenvalue weighted by molar-refractivity contribution is -0.384. The van der Waals surface area contributed by atoms with Gasteiger partial charge in [0.1, 0.15) is 5.69 Å². The van der Waals surface area contributed by atoms with E-state index in [9.17, 15) is 10.1 Å². The second-order valence-electron chi connectivity index (χ2n) is 3.02. The van der Waals surface area contributed by atoms with Crippen molar-refractivity contribution in [1.82, 2.24) is 0 Å². The summed E-state index contributed by atoms with van der Waals surface area (Å²) in [5.41, 5.74) is 0.668. The van der Waals surface area contributed by atoms with E-state index in [1.807, 2.05) is 6.07 Å². The Bertz CT molecular complexity index is 426. The number of nitrogens with one attached hydrogen (secondary N) is 1. The Balaban J connectivity index is 2.92. The Kier molecular flexibility index (Phi) is 4.24. The van der Waals surface area contributed by atoms with Crippen molar-refractivity contribution < 1.29 is 9.66 Å². The number of nitriles is 1. The zero-order valence-electron chi connectivity index (χ0n) is 8.77. The van der Waals surface area contributed by atoms with Crippen LogP contribution < -0.4 is 5.32 Å². The molecule has 1 aromatic carbocycles. The minimum Gasteiger partial charge on any atom is -0.383 e. The van der Waals surface area contributed by atoms with E-state index < -0.39 is 4.92 Å². The van der Waals surface area contributed by atoms with Crippen molar-refractivity contribution in [2.75, 3.05) is 25.6 Å². The van der Waals surface area contributed by atoms with Gasteiger partial charge < -0.3 is 10.1 Å². The highest BCUT2D eigenvalue weighted by Crippen LogP contribution is 2.24. The van der Waals surface area contributed by atoms with Gasteiger partial charge in [-0.2, -0.15) is 5.26 Å². The van der Waals surface area contributed by atoms with Gasteiger partial charge in [-0.1, -0.05) is 0 Å². The number of hydrogen-bond acceptors (Lipinski definition) is 5. The van der Waals surface area contributed by atoms with Gasteiger partial charge >= 0.3 is 0 Å². The van der Waals surface area contributed by atoms with Crippen LogP contribution in [0.15, 0.2) is 18.2 Å². The first-order chi connectivity index (χ1) is 7.69. The molecule has 16 heavy (non-hydrogen) atoms. The van der Waals surface area contributed by atoms with Crippen molar-refractivity contribution in [3.05, 3.63) is 33.9 Å². The second kappa shape index (κ2) is 5.68. The quantitative estimate of drug-likeness (QED) is 0.462. The Hall–Kier alpha value is -2.13. The highest BCUT2D eigenvalue weighted by Gasteiger charge is 2.13. The van der Waals surface area contributed by atoms with E-state index >= 15 is 0 Å². The van der Waals surface area contributed by atoms with Gasteiger partial charge in [-0.15, -0.1) is 0 Å². The second-order valence-corrected chi connectivity index (χ2v) is 3.02. The van der Waals surface area contributed by atoms with Gasteiger partial charge in [-0.25, -0.2) is 0 Å². The molecular weight excluding hydrogens is 210 g/mol. The number of methoxy groups -OCH3 is 1. The number of nitro groups is 1. The number of nitro benzene ring substituents is 1. The van der Waals surface area contributed by atoms with E-state index in [4.69, 9.17) is 10.00 Å². The van der Waals surface area contributed by atoms with Gasteiger partial charge in [0.2, 0.25) is 0 Å². The lowest BCUT2D eigenvalue weighted by Crippen LogP contribution is -2.09. The van der Waals surface area contributed by atoms with E-state index in [-0.39, 0.29) is 5.69 Å². The fourth-order valence-corrected chi connectivity index (χ4v) is 1.19. The lowest BCUT2D eigenvalue weighted by atomic mass is 10.2. The Morgan fingerprint density at radius 2 is 2.38 bits per heavy atom. The maximum Gasteiger partial charge on any atom is 0.292 e. The van der Waals surface area contributed by atoms with Crippen LogP contribution in [0.5, 0.6) is 0 Å². The van der Waals surface area contributed by atoms with Crippen molar-refractivity contribution in [2.45, 2.75) is 0 Å². The maximum absolute atomic E-state index is 10.7. The Labute approximate surface area is 92.6 Å². The van der Waals surface area contributed by atoms with Gasteiger partial charge in [0, 0.05) is 19.7 Å². The highest BCUT2D eigenvalue weighted by atomic mass is 16.6. The number of anilines is 1. The van der Waals surface area contributed by atoms with E-state index in [0.717, 1.165) is 0 Å². The summed E-state index contributed by atoms with van der Waals surface area (Å²) in [6, 6.07) is 6.11. The number of rotatable bonds is 5. The third-order valence-corrected chi connectivity index (χ3v) is 1.94. The van der Waals surface area contributed by atoms with Gasteiger partial charge in [0.05, 0.1) is 23.2 Å². The summed E-state index contributed by atoms with van der Waals surface area (Å²) in [6.07, 6.45) is 0. The fraction of sp³-hybridized carbons (Fsp3) is 0.300. The number of benzene rings is 1. The van der Waals surface area contributed by atoms with E-state index in [0.29, 0.717) is 24.4 Å². The maximum atomic E-state index is 10.7. The van der Waals surface area contributed by atoms with Crippen molar-refractivity contribution in [3.63, 3.8) is 0 Å². The molecule has 0 amide bonds. The average molecular weight is 221 g/mol. The molecule has 0 fully saturated rings. The molecule has 0 radical (unpaired) electrons. The molecule has 6 heteroatoms. The first-order valence-electron chi connectivity index (χ1n) is 4.60. The molecule has 0 saturated carbocycles. The lowest BCUT2D eigenvalue weighted by Gasteiger charge is -2.06. The van der Waals surface area contributed by atoms with Crippen molar-refractivity contribution >= 4 is 11.4 Å². The van der Waals surface area contributed by atoms with Crippen LogP contribution in [-0.2, 0) is 4.74 Å². The summed E-state index contributed by atoms with van der Waals surface area (Å²) in [7, 11) is 1.54. The number of nitrogens with zero attached hydrogens (tertiary/aromatic N) is 2. The highest BCUT2D eigenvalue weighted by molar-refractivity contribution is 5.64. The topological polar surface area (TPSA) is 88.2 Å². The van der Waals surface area contributed by atoms with Crippen LogP contribution >= 0.6 is 0 Å². The molecule has 6 nitrogen and oxygen atoms in total. The van der Waals surface area contributed by atoms with E-state index in [1.165, 1.54) is 18.2 Å². The Morgan fingerprint density at radius 1 is 1.62 bits per heavy atom. The molecule has 1 aromatic rings. The monoisotopic (exact) mass is 221 g/mol. The van der Waals surface area contributed by atoms with Crippen LogP contribution in [0.3, 0.4) is 0 Å². The molecule has 0 aliphatic carbocycles. The molecule has 84 valence electrons. The molecule has 0 bridgehead atoms. The SMILES string of the molecule is COCCNc1cc(C#N)ccc1[N+](=O)[O-]. The molecule has 0 unspecified atom stereocenters. The van der Waals surface area contributed by atoms with Crippen molar-refractivity contribution in [3.8, 4) is 6.07 Å². The third kappa shape index (κ3) is 2.93. The van der Waals surface area contributed by atoms with Crippen LogP contribution in [0.25, 0.3) is 0 Å². The molecular formula is C10H11N3O3.